The predicted octanol–water partition coefficient (Wildman–Crippen LogP) is 4.72. The van der Waals surface area contributed by atoms with Crippen molar-refractivity contribution < 1.29 is 0 Å². The van der Waals surface area contributed by atoms with Crippen LogP contribution in [0.5, 0.6) is 0 Å². The SMILES string of the molecule is Cc1cc(C)c(C)c(/C=C/CCBr)c1C. The van der Waals surface area contributed by atoms with E-state index >= 15 is 0 Å². The summed E-state index contributed by atoms with van der Waals surface area (Å²) in [6.07, 6.45) is 5.58. The lowest BCUT2D eigenvalue weighted by Gasteiger charge is -2.12. The van der Waals surface area contributed by atoms with Gasteiger partial charge in [-0.3, -0.25) is 0 Å². The van der Waals surface area contributed by atoms with Crippen LogP contribution in [0.2, 0.25) is 0 Å². The van der Waals surface area contributed by atoms with Crippen molar-refractivity contribution in [3.8, 4) is 0 Å². The first kappa shape index (κ1) is 12.5. The molecular weight excluding hydrogens is 248 g/mol. The summed E-state index contributed by atoms with van der Waals surface area (Å²) in [5, 5.41) is 1.03. The van der Waals surface area contributed by atoms with E-state index < -0.39 is 0 Å². The summed E-state index contributed by atoms with van der Waals surface area (Å²) in [4.78, 5) is 0. The van der Waals surface area contributed by atoms with Gasteiger partial charge in [0.05, 0.1) is 0 Å². The van der Waals surface area contributed by atoms with Gasteiger partial charge in [-0.25, -0.2) is 0 Å². The molecule has 0 aliphatic rings. The molecule has 0 aromatic heterocycles. The van der Waals surface area contributed by atoms with Gasteiger partial charge in [-0.2, -0.15) is 0 Å². The van der Waals surface area contributed by atoms with Crippen molar-refractivity contribution in [2.45, 2.75) is 34.1 Å². The summed E-state index contributed by atoms with van der Waals surface area (Å²) >= 11 is 3.44. The lowest BCUT2D eigenvalue weighted by molar-refractivity contribution is 1.22. The summed E-state index contributed by atoms with van der Waals surface area (Å²) in [5.41, 5.74) is 6.98. The topological polar surface area (TPSA) is 0 Å². The molecule has 0 saturated heterocycles. The van der Waals surface area contributed by atoms with Crippen LogP contribution in [-0.2, 0) is 0 Å². The zero-order valence-corrected chi connectivity index (χ0v) is 11.6. The van der Waals surface area contributed by atoms with Gasteiger partial charge in [-0.05, 0) is 61.9 Å². The molecule has 0 saturated carbocycles. The Morgan fingerprint density at radius 2 is 1.60 bits per heavy atom. The normalized spacial score (nSPS) is 11.3. The average Bonchev–Trinajstić information content (AvgIpc) is 2.20. The van der Waals surface area contributed by atoms with Gasteiger partial charge in [0.2, 0.25) is 0 Å². The number of halogens is 1. The molecule has 1 aromatic carbocycles. The molecule has 0 fully saturated rings. The molecule has 1 rings (SSSR count). The fourth-order valence-corrected chi connectivity index (χ4v) is 2.03. The monoisotopic (exact) mass is 266 g/mol. The molecular formula is C14H19Br. The van der Waals surface area contributed by atoms with Crippen molar-refractivity contribution in [2.24, 2.45) is 0 Å². The Labute approximate surface area is 102 Å². The maximum atomic E-state index is 3.44. The zero-order chi connectivity index (χ0) is 11.4. The molecule has 0 aliphatic heterocycles. The second-order valence-electron chi connectivity index (χ2n) is 4.05. The third-order valence-corrected chi connectivity index (χ3v) is 3.44. The molecule has 15 heavy (non-hydrogen) atoms. The summed E-state index contributed by atoms with van der Waals surface area (Å²) in [6, 6.07) is 2.27. The number of rotatable bonds is 3. The van der Waals surface area contributed by atoms with Crippen molar-refractivity contribution >= 4 is 22.0 Å². The third-order valence-electron chi connectivity index (χ3n) is 2.98. The first-order valence-electron chi connectivity index (χ1n) is 5.37. The zero-order valence-electron chi connectivity index (χ0n) is 10.0. The van der Waals surface area contributed by atoms with Crippen LogP contribution in [0.15, 0.2) is 12.1 Å². The Hall–Kier alpha value is -0.560. The van der Waals surface area contributed by atoms with E-state index in [0.29, 0.717) is 0 Å². The van der Waals surface area contributed by atoms with Gasteiger partial charge in [-0.15, -0.1) is 0 Å². The van der Waals surface area contributed by atoms with Crippen LogP contribution in [0.4, 0.5) is 0 Å². The lowest BCUT2D eigenvalue weighted by atomic mass is 9.94. The van der Waals surface area contributed by atoms with Crippen LogP contribution in [-0.4, -0.2) is 5.33 Å². The van der Waals surface area contributed by atoms with Crippen LogP contribution >= 0.6 is 15.9 Å². The third kappa shape index (κ3) is 2.94. The molecule has 0 aliphatic carbocycles. The van der Waals surface area contributed by atoms with E-state index in [9.17, 15) is 0 Å². The van der Waals surface area contributed by atoms with Crippen LogP contribution in [0.3, 0.4) is 0 Å². The minimum Gasteiger partial charge on any atom is -0.0925 e. The maximum absolute atomic E-state index is 3.44. The van der Waals surface area contributed by atoms with Gasteiger partial charge in [0, 0.05) is 5.33 Å². The van der Waals surface area contributed by atoms with Crippen molar-refractivity contribution in [2.75, 3.05) is 5.33 Å². The Kier molecular flexibility index (Phi) is 4.59. The quantitative estimate of drug-likeness (QED) is 0.695. The Balaban J connectivity index is 3.15. The molecule has 0 spiro atoms. The Morgan fingerprint density at radius 3 is 2.07 bits per heavy atom. The predicted molar refractivity (Wildman–Crippen MR) is 72.8 cm³/mol. The van der Waals surface area contributed by atoms with Crippen LogP contribution in [0, 0.1) is 27.7 Å². The highest BCUT2D eigenvalue weighted by Gasteiger charge is 2.04. The molecule has 0 N–H and O–H groups in total. The van der Waals surface area contributed by atoms with Gasteiger partial charge in [0.1, 0.15) is 0 Å². The number of alkyl halides is 1. The van der Waals surface area contributed by atoms with Crippen molar-refractivity contribution in [1.82, 2.24) is 0 Å². The minimum absolute atomic E-state index is 1.03. The minimum atomic E-state index is 1.03. The van der Waals surface area contributed by atoms with E-state index in [1.807, 2.05) is 0 Å². The number of hydrogen-bond donors (Lipinski definition) is 0. The van der Waals surface area contributed by atoms with Crippen LogP contribution in [0.1, 0.15) is 34.2 Å². The van der Waals surface area contributed by atoms with Crippen molar-refractivity contribution in [3.05, 3.63) is 40.0 Å². The highest BCUT2D eigenvalue weighted by molar-refractivity contribution is 9.09. The van der Waals surface area contributed by atoms with Crippen LogP contribution in [0.25, 0.3) is 6.08 Å². The summed E-state index contributed by atoms with van der Waals surface area (Å²) < 4.78 is 0. The van der Waals surface area contributed by atoms with E-state index in [0.717, 1.165) is 11.8 Å². The number of allylic oxidation sites excluding steroid dienone is 1. The van der Waals surface area contributed by atoms with E-state index in [2.05, 4.69) is 61.8 Å². The molecule has 82 valence electrons. The van der Waals surface area contributed by atoms with Crippen LogP contribution < -0.4 is 0 Å². The van der Waals surface area contributed by atoms with Gasteiger partial charge in [0.15, 0.2) is 0 Å². The second kappa shape index (κ2) is 5.50. The maximum Gasteiger partial charge on any atom is 0.00660 e. The Bertz CT molecular complexity index is 349. The standard InChI is InChI=1S/C14H19Br/c1-10-9-11(2)13(4)14(12(10)3)7-5-6-8-15/h5,7,9H,6,8H2,1-4H3/b7-5+. The number of benzene rings is 1. The van der Waals surface area contributed by atoms with E-state index in [-0.39, 0.29) is 0 Å². The fraction of sp³-hybridized carbons (Fsp3) is 0.429. The fourth-order valence-electron chi connectivity index (χ4n) is 1.76. The van der Waals surface area contributed by atoms with E-state index in [1.165, 1.54) is 27.8 Å². The first-order valence-corrected chi connectivity index (χ1v) is 6.50. The summed E-state index contributed by atoms with van der Waals surface area (Å²) in [5.74, 6) is 0. The molecule has 0 nitrogen and oxygen atoms in total. The molecule has 1 heteroatoms. The summed E-state index contributed by atoms with van der Waals surface area (Å²) in [7, 11) is 0. The van der Waals surface area contributed by atoms with Gasteiger partial charge >= 0.3 is 0 Å². The molecule has 0 amide bonds. The van der Waals surface area contributed by atoms with Gasteiger partial charge in [0.25, 0.3) is 0 Å². The smallest absolute Gasteiger partial charge is 0.00660 e. The van der Waals surface area contributed by atoms with E-state index in [4.69, 9.17) is 0 Å². The van der Waals surface area contributed by atoms with Gasteiger partial charge in [-0.1, -0.05) is 34.1 Å². The first-order chi connectivity index (χ1) is 7.07. The second-order valence-corrected chi connectivity index (χ2v) is 4.85. The molecule has 0 heterocycles. The molecule has 0 unspecified atom stereocenters. The molecule has 0 atom stereocenters. The highest BCUT2D eigenvalue weighted by atomic mass is 79.9. The number of hydrogen-bond acceptors (Lipinski definition) is 0. The van der Waals surface area contributed by atoms with Gasteiger partial charge < -0.3 is 0 Å². The molecule has 1 aromatic rings. The Morgan fingerprint density at radius 1 is 1.07 bits per heavy atom. The number of aryl methyl sites for hydroxylation is 2. The van der Waals surface area contributed by atoms with E-state index in [1.54, 1.807) is 0 Å². The lowest BCUT2D eigenvalue weighted by Crippen LogP contribution is -1.94. The molecule has 0 bridgehead atoms. The molecule has 0 radical (unpaired) electrons. The summed E-state index contributed by atoms with van der Waals surface area (Å²) in [6.45, 7) is 8.78. The average molecular weight is 267 g/mol. The largest absolute Gasteiger partial charge is 0.0925 e. The van der Waals surface area contributed by atoms with Crippen molar-refractivity contribution in [3.63, 3.8) is 0 Å². The van der Waals surface area contributed by atoms with Crippen molar-refractivity contribution in [1.29, 1.82) is 0 Å². The highest BCUT2D eigenvalue weighted by Crippen LogP contribution is 2.22.